The summed E-state index contributed by atoms with van der Waals surface area (Å²) in [6, 6.07) is 0. The number of rotatable bonds is 6. The van der Waals surface area contributed by atoms with Crippen LogP contribution in [-0.2, 0) is 0 Å². The van der Waals surface area contributed by atoms with Gasteiger partial charge in [-0.15, -0.1) is 0 Å². The maximum Gasteiger partial charge on any atom is 0.243 e. The van der Waals surface area contributed by atoms with E-state index in [9.17, 15) is 0 Å². The largest absolute Gasteiger partial charge is 0.341 e. The third-order valence-corrected chi connectivity index (χ3v) is 4.26. The molecule has 3 N–H and O–H groups in total. The van der Waals surface area contributed by atoms with Crippen LogP contribution in [0.15, 0.2) is 0 Å². The number of hydrogen-bond donors (Lipinski definition) is 2. The normalized spacial score (nSPS) is 16.1. The summed E-state index contributed by atoms with van der Waals surface area (Å²) in [5, 5.41) is 0. The maximum atomic E-state index is 5.50. The number of nitrogen functional groups attached to an aromatic ring is 1. The van der Waals surface area contributed by atoms with E-state index >= 15 is 0 Å². The molecule has 2 rings (SSSR count). The van der Waals surface area contributed by atoms with Crippen LogP contribution >= 0.6 is 0 Å². The fraction of sp³-hybridized carbons (Fsp3) is 0.786. The molecule has 7 heteroatoms. The lowest BCUT2D eigenvalue weighted by molar-refractivity contribution is 0.392. The molecule has 0 radical (unpaired) electrons. The van der Waals surface area contributed by atoms with E-state index < -0.39 is 0 Å². The molecule has 0 unspecified atom stereocenters. The Morgan fingerprint density at radius 3 is 2.33 bits per heavy atom. The van der Waals surface area contributed by atoms with E-state index in [1.165, 1.54) is 19.3 Å². The second-order valence-electron chi connectivity index (χ2n) is 5.41. The molecule has 1 aromatic rings. The molecule has 1 aliphatic heterocycles. The van der Waals surface area contributed by atoms with E-state index in [0.29, 0.717) is 11.9 Å². The van der Waals surface area contributed by atoms with Crippen molar-refractivity contribution in [1.29, 1.82) is 0 Å². The lowest BCUT2D eigenvalue weighted by atomic mass is 9.95. The molecule has 0 spiro atoms. The fourth-order valence-corrected chi connectivity index (χ4v) is 2.75. The summed E-state index contributed by atoms with van der Waals surface area (Å²) in [6.45, 7) is 10.2. The first-order valence-corrected chi connectivity index (χ1v) is 7.94. The smallest absolute Gasteiger partial charge is 0.243 e. The van der Waals surface area contributed by atoms with Crippen molar-refractivity contribution in [3.8, 4) is 0 Å². The highest BCUT2D eigenvalue weighted by atomic mass is 15.4. The van der Waals surface area contributed by atoms with Crippen LogP contribution in [0, 0.1) is 5.92 Å². The second kappa shape index (κ2) is 7.40. The lowest BCUT2D eigenvalue weighted by Gasteiger charge is -2.32. The van der Waals surface area contributed by atoms with Crippen molar-refractivity contribution >= 4 is 17.8 Å². The molecule has 0 aromatic carbocycles. The van der Waals surface area contributed by atoms with Gasteiger partial charge in [-0.2, -0.15) is 15.0 Å². The number of hydrogen-bond acceptors (Lipinski definition) is 7. The summed E-state index contributed by atoms with van der Waals surface area (Å²) < 4.78 is 0. The van der Waals surface area contributed by atoms with Crippen molar-refractivity contribution in [3.63, 3.8) is 0 Å². The molecule has 0 bridgehead atoms. The Balaban J connectivity index is 2.20. The number of nitrogens with zero attached hydrogens (tertiary/aromatic N) is 5. The van der Waals surface area contributed by atoms with Crippen LogP contribution < -0.4 is 21.1 Å². The Hall–Kier alpha value is -1.63. The van der Waals surface area contributed by atoms with Crippen molar-refractivity contribution in [3.05, 3.63) is 0 Å². The van der Waals surface area contributed by atoms with Crippen molar-refractivity contribution in [1.82, 2.24) is 15.0 Å². The average Bonchev–Trinajstić information content (AvgIpc) is 2.55. The lowest BCUT2D eigenvalue weighted by Crippen LogP contribution is -2.36. The van der Waals surface area contributed by atoms with Gasteiger partial charge in [0.15, 0.2) is 0 Å². The van der Waals surface area contributed by atoms with Crippen LogP contribution in [0.1, 0.15) is 40.0 Å². The Bertz CT molecular complexity index is 439. The van der Waals surface area contributed by atoms with Gasteiger partial charge in [-0.1, -0.05) is 13.3 Å². The monoisotopic (exact) mass is 293 g/mol. The van der Waals surface area contributed by atoms with Crippen molar-refractivity contribution in [2.24, 2.45) is 11.8 Å². The molecule has 1 aliphatic rings. The van der Waals surface area contributed by atoms with E-state index in [1.54, 1.807) is 0 Å². The van der Waals surface area contributed by atoms with Crippen LogP contribution in [0.2, 0.25) is 0 Å². The predicted molar refractivity (Wildman–Crippen MR) is 86.4 cm³/mol. The summed E-state index contributed by atoms with van der Waals surface area (Å²) in [6.07, 6.45) is 3.66. The molecule has 118 valence electrons. The fourth-order valence-electron chi connectivity index (χ4n) is 2.75. The van der Waals surface area contributed by atoms with Gasteiger partial charge < -0.3 is 9.80 Å². The zero-order valence-electron chi connectivity index (χ0n) is 13.3. The zero-order chi connectivity index (χ0) is 15.2. The molecule has 0 atom stereocenters. The minimum atomic E-state index is 0.430. The Labute approximate surface area is 126 Å². The van der Waals surface area contributed by atoms with E-state index in [-0.39, 0.29) is 0 Å². The number of nitrogens with one attached hydrogen (secondary N) is 1. The van der Waals surface area contributed by atoms with Gasteiger partial charge in [0.1, 0.15) is 0 Å². The second-order valence-corrected chi connectivity index (χ2v) is 5.41. The Kier molecular flexibility index (Phi) is 5.55. The Morgan fingerprint density at radius 2 is 1.81 bits per heavy atom. The minimum Gasteiger partial charge on any atom is -0.341 e. The van der Waals surface area contributed by atoms with Crippen LogP contribution in [0.25, 0.3) is 0 Å². The minimum absolute atomic E-state index is 0.430. The topological polar surface area (TPSA) is 83.2 Å². The Morgan fingerprint density at radius 1 is 1.14 bits per heavy atom. The van der Waals surface area contributed by atoms with Gasteiger partial charge in [0, 0.05) is 26.2 Å². The van der Waals surface area contributed by atoms with Gasteiger partial charge in [0.2, 0.25) is 17.8 Å². The van der Waals surface area contributed by atoms with Crippen LogP contribution in [-0.4, -0.2) is 41.1 Å². The zero-order valence-corrected chi connectivity index (χ0v) is 13.3. The molecule has 1 saturated heterocycles. The van der Waals surface area contributed by atoms with E-state index in [4.69, 9.17) is 5.84 Å². The molecule has 0 aliphatic carbocycles. The highest BCUT2D eigenvalue weighted by molar-refractivity contribution is 5.45. The predicted octanol–water partition coefficient (Wildman–Crippen LogP) is 1.63. The third-order valence-electron chi connectivity index (χ3n) is 4.26. The van der Waals surface area contributed by atoms with E-state index in [0.717, 1.165) is 38.0 Å². The van der Waals surface area contributed by atoms with Crippen LogP contribution in [0.4, 0.5) is 17.8 Å². The van der Waals surface area contributed by atoms with E-state index in [1.807, 2.05) is 0 Å². The summed E-state index contributed by atoms with van der Waals surface area (Å²) in [7, 11) is 0. The van der Waals surface area contributed by atoms with Gasteiger partial charge in [0.25, 0.3) is 0 Å². The standard InChI is InChI=1S/C14H27N7/c1-4-11-7-9-21(10-8-11)14-17-12(19-15)16-13(18-14)20(5-2)6-3/h11H,4-10,15H2,1-3H3,(H,16,17,18,19). The quantitative estimate of drug-likeness (QED) is 0.609. The molecular formula is C14H27N7. The van der Waals surface area contributed by atoms with Gasteiger partial charge in [-0.05, 0) is 32.6 Å². The molecule has 21 heavy (non-hydrogen) atoms. The van der Waals surface area contributed by atoms with Gasteiger partial charge in [-0.25, -0.2) is 5.84 Å². The molecule has 0 saturated carbocycles. The number of nitrogens with two attached hydrogens (primary N) is 1. The van der Waals surface area contributed by atoms with Crippen molar-refractivity contribution in [2.75, 3.05) is 41.4 Å². The summed E-state index contributed by atoms with van der Waals surface area (Å²) >= 11 is 0. The first-order valence-electron chi connectivity index (χ1n) is 7.94. The molecular weight excluding hydrogens is 266 g/mol. The number of aromatic nitrogens is 3. The third kappa shape index (κ3) is 3.72. The summed E-state index contributed by atoms with van der Waals surface area (Å²) in [5.41, 5.74) is 2.55. The molecule has 7 nitrogen and oxygen atoms in total. The molecule has 0 amide bonds. The van der Waals surface area contributed by atoms with Gasteiger partial charge in [-0.3, -0.25) is 5.43 Å². The maximum absolute atomic E-state index is 5.50. The van der Waals surface area contributed by atoms with Crippen molar-refractivity contribution in [2.45, 2.75) is 40.0 Å². The van der Waals surface area contributed by atoms with Gasteiger partial charge >= 0.3 is 0 Å². The molecule has 1 aromatic heterocycles. The highest BCUT2D eigenvalue weighted by Gasteiger charge is 2.21. The number of piperidine rings is 1. The van der Waals surface area contributed by atoms with Gasteiger partial charge in [0.05, 0.1) is 0 Å². The van der Waals surface area contributed by atoms with Crippen LogP contribution in [0.5, 0.6) is 0 Å². The first kappa shape index (κ1) is 15.8. The first-order chi connectivity index (χ1) is 10.2. The van der Waals surface area contributed by atoms with Crippen molar-refractivity contribution < 1.29 is 0 Å². The van der Waals surface area contributed by atoms with E-state index in [2.05, 4.69) is 50.9 Å². The number of hydrazine groups is 1. The SMILES string of the molecule is CCC1CCN(c2nc(NN)nc(N(CC)CC)n2)CC1. The van der Waals surface area contributed by atoms with Crippen LogP contribution in [0.3, 0.4) is 0 Å². The highest BCUT2D eigenvalue weighted by Crippen LogP contribution is 2.24. The molecule has 1 fully saturated rings. The molecule has 2 heterocycles. The summed E-state index contributed by atoms with van der Waals surface area (Å²) in [4.78, 5) is 17.8. The number of anilines is 3. The summed E-state index contributed by atoms with van der Waals surface area (Å²) in [5.74, 6) is 8.19. The average molecular weight is 293 g/mol.